The highest BCUT2D eigenvalue weighted by Crippen LogP contribution is 2.39. The lowest BCUT2D eigenvalue weighted by atomic mass is 10.1. The van der Waals surface area contributed by atoms with Gasteiger partial charge in [-0.25, -0.2) is 0 Å². The van der Waals surface area contributed by atoms with E-state index < -0.39 is 10.4 Å². The highest BCUT2D eigenvalue weighted by molar-refractivity contribution is 7.81. The van der Waals surface area contributed by atoms with Crippen molar-refractivity contribution >= 4 is 16.5 Å². The molecule has 0 aliphatic heterocycles. The lowest BCUT2D eigenvalue weighted by molar-refractivity contribution is 0.337. The predicted octanol–water partition coefficient (Wildman–Crippen LogP) is -0.556. The Kier molecular flexibility index (Phi) is 11.5. The van der Waals surface area contributed by atoms with Crippen LogP contribution in [0.15, 0.2) is 18.2 Å². The van der Waals surface area contributed by atoms with Crippen LogP contribution in [0.1, 0.15) is 12.5 Å². The van der Waals surface area contributed by atoms with E-state index in [1.165, 1.54) is 14.2 Å². The molecule has 21 heavy (non-hydrogen) atoms. The molecular formula is C11H20O9S. The van der Waals surface area contributed by atoms with E-state index in [0.717, 1.165) is 5.56 Å². The quantitative estimate of drug-likeness (QED) is 0.708. The van der Waals surface area contributed by atoms with Crippen LogP contribution in [-0.2, 0) is 10.4 Å². The summed E-state index contributed by atoms with van der Waals surface area (Å²) in [6.07, 6.45) is 3.58. The molecule has 0 aromatic heterocycles. The number of allylic oxidation sites excluding steroid dienone is 1. The van der Waals surface area contributed by atoms with Crippen LogP contribution >= 0.6 is 0 Å². The van der Waals surface area contributed by atoms with Crippen LogP contribution < -0.4 is 13.7 Å². The van der Waals surface area contributed by atoms with Gasteiger partial charge in [-0.3, -0.25) is 4.55 Å². The third-order valence-electron chi connectivity index (χ3n) is 2.03. The van der Waals surface area contributed by atoms with E-state index in [2.05, 4.69) is 4.18 Å². The summed E-state index contributed by atoms with van der Waals surface area (Å²) in [6.45, 7) is 1.83. The molecule has 0 saturated carbocycles. The Hall–Kier alpha value is -1.85. The molecule has 0 unspecified atom stereocenters. The van der Waals surface area contributed by atoms with Crippen LogP contribution in [0.25, 0.3) is 6.08 Å². The summed E-state index contributed by atoms with van der Waals surface area (Å²) in [5.41, 5.74) is 0.744. The number of ether oxygens (including phenoxy) is 2. The van der Waals surface area contributed by atoms with Gasteiger partial charge < -0.3 is 30.1 Å². The Morgan fingerprint density at radius 2 is 1.48 bits per heavy atom. The average Bonchev–Trinajstić information content (AvgIpc) is 2.29. The average molecular weight is 328 g/mol. The molecule has 0 atom stereocenters. The van der Waals surface area contributed by atoms with Gasteiger partial charge in [0.05, 0.1) is 14.2 Å². The number of rotatable bonds is 5. The number of hydrogen-bond acceptors (Lipinski definition) is 5. The molecule has 0 bridgehead atoms. The van der Waals surface area contributed by atoms with E-state index in [4.69, 9.17) is 14.0 Å². The SMILES string of the molecule is CC=Cc1cc(OC)c(OS(=O)(=O)O)c(OC)c1.O.O.O. The third-order valence-corrected chi connectivity index (χ3v) is 2.41. The summed E-state index contributed by atoms with van der Waals surface area (Å²) in [5.74, 6) is 0.0795. The zero-order valence-electron chi connectivity index (χ0n) is 11.7. The maximum Gasteiger partial charge on any atom is 0.446 e. The molecule has 0 aliphatic carbocycles. The minimum atomic E-state index is -4.65. The van der Waals surface area contributed by atoms with E-state index in [-0.39, 0.29) is 33.7 Å². The first-order valence-electron chi connectivity index (χ1n) is 4.97. The zero-order valence-corrected chi connectivity index (χ0v) is 12.5. The summed E-state index contributed by atoms with van der Waals surface area (Å²) >= 11 is 0. The van der Waals surface area contributed by atoms with Crippen molar-refractivity contribution in [2.24, 2.45) is 0 Å². The summed E-state index contributed by atoms with van der Waals surface area (Å²) < 4.78 is 44.7. The normalized spacial score (nSPS) is 9.90. The van der Waals surface area contributed by atoms with Gasteiger partial charge in [0.25, 0.3) is 0 Å². The monoisotopic (exact) mass is 328 g/mol. The van der Waals surface area contributed by atoms with E-state index in [9.17, 15) is 8.42 Å². The van der Waals surface area contributed by atoms with Crippen molar-refractivity contribution in [2.75, 3.05) is 14.2 Å². The lowest BCUT2D eigenvalue weighted by Crippen LogP contribution is -2.09. The molecule has 1 aromatic carbocycles. The molecule has 0 fully saturated rings. The van der Waals surface area contributed by atoms with Crippen molar-refractivity contribution in [1.29, 1.82) is 0 Å². The molecule has 0 heterocycles. The van der Waals surface area contributed by atoms with Crippen molar-refractivity contribution in [3.63, 3.8) is 0 Å². The molecule has 0 radical (unpaired) electrons. The Morgan fingerprint density at radius 3 is 1.76 bits per heavy atom. The highest BCUT2D eigenvalue weighted by atomic mass is 32.3. The van der Waals surface area contributed by atoms with Crippen LogP contribution in [0, 0.1) is 0 Å². The van der Waals surface area contributed by atoms with Crippen LogP contribution in [0.5, 0.6) is 17.2 Å². The Balaban J connectivity index is -0.00000108. The Labute approximate surface area is 122 Å². The summed E-state index contributed by atoms with van der Waals surface area (Å²) in [6, 6.07) is 3.12. The predicted molar refractivity (Wildman–Crippen MR) is 77.3 cm³/mol. The molecular weight excluding hydrogens is 308 g/mol. The van der Waals surface area contributed by atoms with Crippen molar-refractivity contribution in [1.82, 2.24) is 0 Å². The van der Waals surface area contributed by atoms with Gasteiger partial charge in [0.2, 0.25) is 5.75 Å². The van der Waals surface area contributed by atoms with Crippen molar-refractivity contribution < 1.29 is 43.1 Å². The maximum atomic E-state index is 10.8. The fourth-order valence-electron chi connectivity index (χ4n) is 1.38. The Bertz CT molecular complexity index is 526. The molecule has 0 amide bonds. The molecule has 7 N–H and O–H groups in total. The molecule has 0 aliphatic rings. The van der Waals surface area contributed by atoms with Gasteiger partial charge in [0.1, 0.15) is 0 Å². The van der Waals surface area contributed by atoms with Crippen molar-refractivity contribution in [2.45, 2.75) is 6.92 Å². The first kappa shape index (κ1) is 24.2. The van der Waals surface area contributed by atoms with E-state index in [1.807, 2.05) is 6.92 Å². The van der Waals surface area contributed by atoms with Gasteiger partial charge in [0, 0.05) is 0 Å². The smallest absolute Gasteiger partial charge is 0.446 e. The molecule has 10 heteroatoms. The van der Waals surface area contributed by atoms with Gasteiger partial charge >= 0.3 is 10.4 Å². The second kappa shape index (κ2) is 9.96. The van der Waals surface area contributed by atoms with Gasteiger partial charge in [0.15, 0.2) is 11.5 Å². The third kappa shape index (κ3) is 6.92. The van der Waals surface area contributed by atoms with Crippen molar-refractivity contribution in [3.8, 4) is 17.2 Å². The first-order valence-corrected chi connectivity index (χ1v) is 6.33. The van der Waals surface area contributed by atoms with Gasteiger partial charge in [-0.2, -0.15) is 8.42 Å². The van der Waals surface area contributed by atoms with Gasteiger partial charge in [-0.15, -0.1) is 0 Å². The second-order valence-electron chi connectivity index (χ2n) is 3.27. The first-order chi connectivity index (χ1) is 8.41. The number of hydrogen-bond donors (Lipinski definition) is 1. The summed E-state index contributed by atoms with van der Waals surface area (Å²) in [4.78, 5) is 0. The number of benzene rings is 1. The maximum absolute atomic E-state index is 10.8. The van der Waals surface area contributed by atoms with E-state index in [0.29, 0.717) is 0 Å². The molecule has 1 aromatic rings. The fraction of sp³-hybridized carbons (Fsp3) is 0.273. The van der Waals surface area contributed by atoms with Gasteiger partial charge in [-0.1, -0.05) is 12.2 Å². The molecule has 124 valence electrons. The van der Waals surface area contributed by atoms with Crippen LogP contribution in [-0.4, -0.2) is 43.6 Å². The molecule has 9 nitrogen and oxygen atoms in total. The minimum absolute atomic E-state index is 0. The lowest BCUT2D eigenvalue weighted by Gasteiger charge is -2.13. The molecule has 0 spiro atoms. The summed E-state index contributed by atoms with van der Waals surface area (Å²) in [5, 5.41) is 0. The zero-order chi connectivity index (χ0) is 13.8. The molecule has 0 saturated heterocycles. The highest BCUT2D eigenvalue weighted by Gasteiger charge is 2.19. The van der Waals surface area contributed by atoms with Gasteiger partial charge in [-0.05, 0) is 24.6 Å². The van der Waals surface area contributed by atoms with E-state index in [1.54, 1.807) is 24.3 Å². The van der Waals surface area contributed by atoms with Crippen molar-refractivity contribution in [3.05, 3.63) is 23.8 Å². The van der Waals surface area contributed by atoms with Crippen LogP contribution in [0.2, 0.25) is 0 Å². The minimum Gasteiger partial charge on any atom is -0.493 e. The van der Waals surface area contributed by atoms with Crippen LogP contribution in [0.4, 0.5) is 0 Å². The standard InChI is InChI=1S/C11H14O6S.3H2O/c1-4-5-8-6-9(15-2)11(10(7-8)16-3)17-18(12,13)14;;;/h4-7H,1-3H3,(H,12,13,14);3*1H2. The largest absolute Gasteiger partial charge is 0.493 e. The Morgan fingerprint density at radius 1 is 1.05 bits per heavy atom. The number of methoxy groups -OCH3 is 2. The summed E-state index contributed by atoms with van der Waals surface area (Å²) in [7, 11) is -1.94. The second-order valence-corrected chi connectivity index (χ2v) is 4.29. The van der Waals surface area contributed by atoms with Crippen LogP contribution in [0.3, 0.4) is 0 Å². The van der Waals surface area contributed by atoms with E-state index >= 15 is 0 Å². The fourth-order valence-corrected chi connectivity index (χ4v) is 1.75. The molecule has 1 rings (SSSR count). The topological polar surface area (TPSA) is 177 Å².